The molecule has 2 amide bonds. The van der Waals surface area contributed by atoms with Gasteiger partial charge in [-0.25, -0.2) is 0 Å². The summed E-state index contributed by atoms with van der Waals surface area (Å²) in [7, 11) is 0. The maximum atomic E-state index is 13.1. The number of hydrogen-bond donors (Lipinski definition) is 1. The predicted octanol–water partition coefficient (Wildman–Crippen LogP) is 4.45. The van der Waals surface area contributed by atoms with Gasteiger partial charge in [0.1, 0.15) is 11.3 Å². The molecule has 184 valence electrons. The van der Waals surface area contributed by atoms with Crippen molar-refractivity contribution in [3.05, 3.63) is 41.5 Å². The molecule has 0 radical (unpaired) electrons. The third-order valence-electron chi connectivity index (χ3n) is 6.97. The summed E-state index contributed by atoms with van der Waals surface area (Å²) in [6.07, 6.45) is 8.62. The lowest BCUT2D eigenvalue weighted by atomic mass is 9.89. The number of nitrogens with zero attached hydrogens (tertiary/aromatic N) is 3. The molecule has 4 rings (SSSR count). The lowest BCUT2D eigenvalue weighted by Gasteiger charge is -2.30. The van der Waals surface area contributed by atoms with E-state index >= 15 is 0 Å². The number of nitrogens with one attached hydrogen (secondary N) is 1. The molecule has 2 aliphatic rings. The third-order valence-corrected chi connectivity index (χ3v) is 6.97. The van der Waals surface area contributed by atoms with Crippen molar-refractivity contribution in [3.8, 4) is 5.75 Å². The van der Waals surface area contributed by atoms with Crippen LogP contribution in [0, 0.1) is 0 Å². The van der Waals surface area contributed by atoms with Crippen molar-refractivity contribution >= 4 is 11.8 Å². The Bertz CT molecular complexity index is 963. The van der Waals surface area contributed by atoms with Crippen LogP contribution in [0.25, 0.3) is 0 Å². The zero-order valence-corrected chi connectivity index (χ0v) is 20.3. The van der Waals surface area contributed by atoms with E-state index in [1.165, 1.54) is 6.92 Å². The Hall–Kier alpha value is -2.90. The lowest BCUT2D eigenvalue weighted by molar-refractivity contribution is -0.132. The quantitative estimate of drug-likeness (QED) is 0.575. The number of carbonyl (C=O) groups is 2. The summed E-state index contributed by atoms with van der Waals surface area (Å²) in [5.41, 5.74) is 0.571. The van der Waals surface area contributed by atoms with Gasteiger partial charge in [-0.1, -0.05) is 43.0 Å². The van der Waals surface area contributed by atoms with Gasteiger partial charge in [-0.05, 0) is 50.3 Å². The van der Waals surface area contributed by atoms with Crippen LogP contribution in [-0.2, 0) is 21.5 Å². The summed E-state index contributed by atoms with van der Waals surface area (Å²) in [5, 5.41) is 7.33. The van der Waals surface area contributed by atoms with Crippen LogP contribution in [0.4, 0.5) is 0 Å². The summed E-state index contributed by atoms with van der Waals surface area (Å²) >= 11 is 0. The molecule has 8 heteroatoms. The Morgan fingerprint density at radius 3 is 2.56 bits per heavy atom. The van der Waals surface area contributed by atoms with Crippen molar-refractivity contribution in [3.63, 3.8) is 0 Å². The Morgan fingerprint density at radius 1 is 1.15 bits per heavy atom. The van der Waals surface area contributed by atoms with E-state index in [1.54, 1.807) is 0 Å². The van der Waals surface area contributed by atoms with Gasteiger partial charge in [0.05, 0.1) is 12.6 Å². The molecule has 1 aliphatic carbocycles. The second-order valence-electron chi connectivity index (χ2n) is 9.44. The smallest absolute Gasteiger partial charge is 0.227 e. The zero-order valence-electron chi connectivity index (χ0n) is 20.3. The van der Waals surface area contributed by atoms with Gasteiger partial charge in [0.2, 0.25) is 17.7 Å². The number of carbonyl (C=O) groups excluding carboxylic acids is 2. The van der Waals surface area contributed by atoms with Crippen molar-refractivity contribution < 1.29 is 18.8 Å². The normalized spacial score (nSPS) is 20.1. The molecule has 2 fully saturated rings. The fourth-order valence-corrected chi connectivity index (χ4v) is 5.35. The van der Waals surface area contributed by atoms with E-state index in [2.05, 4.69) is 27.6 Å². The van der Waals surface area contributed by atoms with Crippen molar-refractivity contribution in [2.45, 2.75) is 89.6 Å². The average molecular weight is 469 g/mol. The first-order valence-corrected chi connectivity index (χ1v) is 12.6. The van der Waals surface area contributed by atoms with Crippen LogP contribution in [0.15, 0.2) is 28.8 Å². The molecule has 1 saturated carbocycles. The SMILES string of the molecule is CCOc1ccc(C2CCCN2C(=O)CCc2nc(C3(NC(C)=O)CCCCCC3)no2)cc1. The molecule has 0 bridgehead atoms. The van der Waals surface area contributed by atoms with Crippen LogP contribution in [0.3, 0.4) is 0 Å². The Labute approximate surface area is 201 Å². The number of aryl methyl sites for hydroxylation is 1. The van der Waals surface area contributed by atoms with Gasteiger partial charge in [-0.3, -0.25) is 9.59 Å². The van der Waals surface area contributed by atoms with Gasteiger partial charge in [-0.2, -0.15) is 4.98 Å². The second-order valence-corrected chi connectivity index (χ2v) is 9.44. The van der Waals surface area contributed by atoms with Gasteiger partial charge >= 0.3 is 0 Å². The zero-order chi connectivity index (χ0) is 24.0. The van der Waals surface area contributed by atoms with E-state index in [0.29, 0.717) is 31.2 Å². The van der Waals surface area contributed by atoms with Crippen molar-refractivity contribution in [1.82, 2.24) is 20.4 Å². The first kappa shape index (κ1) is 24.2. The Morgan fingerprint density at radius 2 is 1.88 bits per heavy atom. The number of ether oxygens (including phenoxy) is 1. The number of likely N-dealkylation sites (tertiary alicyclic amines) is 1. The van der Waals surface area contributed by atoms with Crippen LogP contribution < -0.4 is 10.1 Å². The van der Waals surface area contributed by atoms with E-state index < -0.39 is 5.54 Å². The molecule has 8 nitrogen and oxygen atoms in total. The van der Waals surface area contributed by atoms with E-state index in [1.807, 2.05) is 24.0 Å². The first-order valence-electron chi connectivity index (χ1n) is 12.6. The molecular weight excluding hydrogens is 432 g/mol. The summed E-state index contributed by atoms with van der Waals surface area (Å²) < 4.78 is 11.1. The van der Waals surface area contributed by atoms with Crippen molar-refractivity contribution in [2.75, 3.05) is 13.2 Å². The van der Waals surface area contributed by atoms with Crippen molar-refractivity contribution in [1.29, 1.82) is 0 Å². The Balaban J connectivity index is 1.39. The van der Waals surface area contributed by atoms with E-state index in [-0.39, 0.29) is 17.9 Å². The maximum absolute atomic E-state index is 13.1. The standard InChI is InChI=1S/C26H36N4O4/c1-3-33-21-12-10-20(11-13-21)22-9-8-18-30(22)24(32)15-14-23-27-25(29-34-23)26(28-19(2)31)16-6-4-5-7-17-26/h10-13,22H,3-9,14-18H2,1-2H3,(H,28,31). The highest BCUT2D eigenvalue weighted by atomic mass is 16.5. The first-order chi connectivity index (χ1) is 16.5. The van der Waals surface area contributed by atoms with E-state index in [0.717, 1.165) is 69.2 Å². The highest BCUT2D eigenvalue weighted by Gasteiger charge is 2.38. The highest BCUT2D eigenvalue weighted by Crippen LogP contribution is 2.35. The van der Waals surface area contributed by atoms with Gasteiger partial charge < -0.3 is 19.5 Å². The van der Waals surface area contributed by atoms with Crippen LogP contribution in [0.2, 0.25) is 0 Å². The van der Waals surface area contributed by atoms with Gasteiger partial charge in [-0.15, -0.1) is 0 Å². The molecule has 0 spiro atoms. The number of benzene rings is 1. The molecule has 1 N–H and O–H groups in total. The van der Waals surface area contributed by atoms with E-state index in [9.17, 15) is 9.59 Å². The van der Waals surface area contributed by atoms with Crippen LogP contribution >= 0.6 is 0 Å². The van der Waals surface area contributed by atoms with Gasteiger partial charge in [0.15, 0.2) is 5.82 Å². The largest absolute Gasteiger partial charge is 0.494 e. The van der Waals surface area contributed by atoms with Gasteiger partial charge in [0.25, 0.3) is 0 Å². The monoisotopic (exact) mass is 468 g/mol. The fourth-order valence-electron chi connectivity index (χ4n) is 5.35. The summed E-state index contributed by atoms with van der Waals surface area (Å²) in [6.45, 7) is 4.89. The van der Waals surface area contributed by atoms with Crippen LogP contribution in [0.1, 0.15) is 95.0 Å². The lowest BCUT2D eigenvalue weighted by Crippen LogP contribution is -2.45. The minimum atomic E-state index is -0.568. The predicted molar refractivity (Wildman–Crippen MR) is 127 cm³/mol. The van der Waals surface area contributed by atoms with Crippen LogP contribution in [0.5, 0.6) is 5.75 Å². The Kier molecular flexibility index (Phi) is 7.85. The molecule has 34 heavy (non-hydrogen) atoms. The number of amides is 2. The molecule has 2 aromatic rings. The maximum Gasteiger partial charge on any atom is 0.227 e. The molecular formula is C26H36N4O4. The molecule has 1 atom stereocenters. The molecule has 1 aliphatic heterocycles. The molecule has 1 aromatic carbocycles. The average Bonchev–Trinajstić information content (AvgIpc) is 3.45. The molecule has 1 unspecified atom stereocenters. The fraction of sp³-hybridized carbons (Fsp3) is 0.615. The topological polar surface area (TPSA) is 97.6 Å². The van der Waals surface area contributed by atoms with Gasteiger partial charge in [0, 0.05) is 26.3 Å². The highest BCUT2D eigenvalue weighted by molar-refractivity contribution is 5.77. The molecule has 1 aromatic heterocycles. The number of aromatic nitrogens is 2. The summed E-state index contributed by atoms with van der Waals surface area (Å²) in [5.74, 6) is 1.86. The summed E-state index contributed by atoms with van der Waals surface area (Å²) in [4.78, 5) is 31.6. The minimum absolute atomic E-state index is 0.0854. The van der Waals surface area contributed by atoms with Crippen LogP contribution in [-0.4, -0.2) is 40.0 Å². The third kappa shape index (κ3) is 5.59. The van der Waals surface area contributed by atoms with Crippen molar-refractivity contribution in [2.24, 2.45) is 0 Å². The second kappa shape index (κ2) is 11.0. The minimum Gasteiger partial charge on any atom is -0.494 e. The summed E-state index contributed by atoms with van der Waals surface area (Å²) in [6, 6.07) is 8.14. The molecule has 2 heterocycles. The number of rotatable bonds is 8. The number of hydrogen-bond acceptors (Lipinski definition) is 6. The van der Waals surface area contributed by atoms with E-state index in [4.69, 9.17) is 9.26 Å². The molecule has 1 saturated heterocycles.